The molecule has 92 valence electrons. The Morgan fingerprint density at radius 2 is 1.71 bits per heavy atom. The zero-order valence-corrected chi connectivity index (χ0v) is 11.5. The van der Waals surface area contributed by atoms with Crippen LogP contribution in [0, 0.1) is 0 Å². The normalized spacial score (nSPS) is 10.8. The standard InChI is InChI=1S/C12H14BrNO3/c1-12(2,3)17-11(16)14-10(15)8-4-6-9(13)7-5-8/h4-7H,1-3H3,(H,14,15,16). The highest BCUT2D eigenvalue weighted by Gasteiger charge is 2.18. The number of hydrogen-bond acceptors (Lipinski definition) is 3. The van der Waals surface area contributed by atoms with E-state index < -0.39 is 17.6 Å². The molecular weight excluding hydrogens is 286 g/mol. The molecule has 1 N–H and O–H groups in total. The molecule has 0 bridgehead atoms. The van der Waals surface area contributed by atoms with Crippen molar-refractivity contribution in [3.05, 3.63) is 34.3 Å². The fourth-order valence-corrected chi connectivity index (χ4v) is 1.33. The molecule has 2 amide bonds. The smallest absolute Gasteiger partial charge is 0.414 e. The maximum Gasteiger partial charge on any atom is 0.414 e. The quantitative estimate of drug-likeness (QED) is 0.867. The monoisotopic (exact) mass is 299 g/mol. The van der Waals surface area contributed by atoms with Crippen molar-refractivity contribution in [2.75, 3.05) is 0 Å². The first-order chi connectivity index (χ1) is 7.78. The van der Waals surface area contributed by atoms with Gasteiger partial charge in [0, 0.05) is 10.0 Å². The van der Waals surface area contributed by atoms with E-state index in [1.807, 2.05) is 0 Å². The predicted molar refractivity (Wildman–Crippen MR) is 67.8 cm³/mol. The number of imide groups is 1. The van der Waals surface area contributed by atoms with Crippen molar-refractivity contribution >= 4 is 27.9 Å². The van der Waals surface area contributed by atoms with Gasteiger partial charge in [0.1, 0.15) is 5.60 Å². The molecule has 0 aliphatic rings. The van der Waals surface area contributed by atoms with Crippen LogP contribution in [0.5, 0.6) is 0 Å². The van der Waals surface area contributed by atoms with Gasteiger partial charge in [-0.3, -0.25) is 10.1 Å². The Hall–Kier alpha value is -1.36. The molecule has 4 nitrogen and oxygen atoms in total. The number of nitrogens with one attached hydrogen (secondary N) is 1. The second kappa shape index (κ2) is 5.31. The SMILES string of the molecule is CC(C)(C)OC(=O)NC(=O)c1ccc(Br)cc1. The Bertz CT molecular complexity index is 420. The van der Waals surface area contributed by atoms with Crippen LogP contribution >= 0.6 is 15.9 Å². The molecule has 0 saturated heterocycles. The van der Waals surface area contributed by atoms with E-state index in [9.17, 15) is 9.59 Å². The third-order valence-corrected chi connectivity index (χ3v) is 2.25. The average Bonchev–Trinajstić information content (AvgIpc) is 2.15. The van der Waals surface area contributed by atoms with Crippen LogP contribution in [0.1, 0.15) is 31.1 Å². The van der Waals surface area contributed by atoms with Crippen molar-refractivity contribution in [2.24, 2.45) is 0 Å². The van der Waals surface area contributed by atoms with E-state index in [2.05, 4.69) is 21.2 Å². The molecule has 1 rings (SSSR count). The number of alkyl carbamates (subject to hydrolysis) is 1. The third-order valence-electron chi connectivity index (χ3n) is 1.72. The number of carbonyl (C=O) groups is 2. The Morgan fingerprint density at radius 3 is 2.18 bits per heavy atom. The number of ether oxygens (including phenoxy) is 1. The van der Waals surface area contributed by atoms with Crippen LogP contribution in [-0.4, -0.2) is 17.6 Å². The van der Waals surface area contributed by atoms with Crippen molar-refractivity contribution in [3.63, 3.8) is 0 Å². The van der Waals surface area contributed by atoms with Gasteiger partial charge < -0.3 is 4.74 Å². The van der Waals surface area contributed by atoms with Gasteiger partial charge in [-0.15, -0.1) is 0 Å². The summed E-state index contributed by atoms with van der Waals surface area (Å²) >= 11 is 3.26. The summed E-state index contributed by atoms with van der Waals surface area (Å²) < 4.78 is 5.84. The van der Waals surface area contributed by atoms with Crippen LogP contribution in [0.2, 0.25) is 0 Å². The fraction of sp³-hybridized carbons (Fsp3) is 0.333. The van der Waals surface area contributed by atoms with Gasteiger partial charge in [-0.2, -0.15) is 0 Å². The molecule has 0 unspecified atom stereocenters. The third kappa shape index (κ3) is 4.99. The summed E-state index contributed by atoms with van der Waals surface area (Å²) in [5.74, 6) is -0.480. The highest BCUT2D eigenvalue weighted by Crippen LogP contribution is 2.11. The Labute approximate surface area is 108 Å². The summed E-state index contributed by atoms with van der Waals surface area (Å²) in [7, 11) is 0. The highest BCUT2D eigenvalue weighted by atomic mass is 79.9. The molecule has 0 radical (unpaired) electrons. The molecule has 0 aliphatic carbocycles. The lowest BCUT2D eigenvalue weighted by atomic mass is 10.2. The number of rotatable bonds is 1. The molecule has 0 aromatic heterocycles. The summed E-state index contributed by atoms with van der Waals surface area (Å²) in [5, 5.41) is 2.16. The largest absolute Gasteiger partial charge is 0.444 e. The van der Waals surface area contributed by atoms with Gasteiger partial charge in [0.25, 0.3) is 5.91 Å². The van der Waals surface area contributed by atoms with E-state index in [1.54, 1.807) is 45.0 Å². The molecule has 0 aliphatic heterocycles. The van der Waals surface area contributed by atoms with E-state index >= 15 is 0 Å². The molecule has 17 heavy (non-hydrogen) atoms. The molecule has 1 aromatic carbocycles. The van der Waals surface area contributed by atoms with Crippen molar-refractivity contribution in [1.29, 1.82) is 0 Å². The first-order valence-electron chi connectivity index (χ1n) is 5.08. The van der Waals surface area contributed by atoms with Crippen molar-refractivity contribution in [3.8, 4) is 0 Å². The molecule has 1 aromatic rings. The van der Waals surface area contributed by atoms with Gasteiger partial charge in [-0.25, -0.2) is 4.79 Å². The average molecular weight is 300 g/mol. The Balaban J connectivity index is 2.61. The number of carbonyl (C=O) groups excluding carboxylic acids is 2. The molecule has 5 heteroatoms. The minimum atomic E-state index is -0.745. The minimum absolute atomic E-state index is 0.402. The zero-order valence-electron chi connectivity index (χ0n) is 9.91. The molecular formula is C12H14BrNO3. The second-order valence-electron chi connectivity index (χ2n) is 4.46. The highest BCUT2D eigenvalue weighted by molar-refractivity contribution is 9.10. The van der Waals surface area contributed by atoms with Crippen LogP contribution in [0.3, 0.4) is 0 Å². The topological polar surface area (TPSA) is 55.4 Å². The Kier molecular flexibility index (Phi) is 4.28. The molecule has 0 spiro atoms. The molecule has 0 atom stereocenters. The van der Waals surface area contributed by atoms with Gasteiger partial charge in [0.2, 0.25) is 0 Å². The van der Waals surface area contributed by atoms with E-state index in [0.717, 1.165) is 4.47 Å². The second-order valence-corrected chi connectivity index (χ2v) is 5.38. The lowest BCUT2D eigenvalue weighted by Gasteiger charge is -2.19. The summed E-state index contributed by atoms with van der Waals surface area (Å²) in [6.45, 7) is 5.20. The van der Waals surface area contributed by atoms with Crippen molar-refractivity contribution in [1.82, 2.24) is 5.32 Å². The number of hydrogen-bond donors (Lipinski definition) is 1. The van der Waals surface area contributed by atoms with Gasteiger partial charge in [0.15, 0.2) is 0 Å². The van der Waals surface area contributed by atoms with Crippen LogP contribution in [-0.2, 0) is 4.74 Å². The summed E-state index contributed by atoms with van der Waals surface area (Å²) in [6.07, 6.45) is -0.745. The van der Waals surface area contributed by atoms with Crippen molar-refractivity contribution in [2.45, 2.75) is 26.4 Å². The number of benzene rings is 1. The summed E-state index contributed by atoms with van der Waals surface area (Å²) in [5.41, 5.74) is -0.219. The summed E-state index contributed by atoms with van der Waals surface area (Å²) in [4.78, 5) is 23.0. The first kappa shape index (κ1) is 13.7. The van der Waals surface area contributed by atoms with Crippen LogP contribution in [0.15, 0.2) is 28.7 Å². The Morgan fingerprint density at radius 1 is 1.18 bits per heavy atom. The zero-order chi connectivity index (χ0) is 13.1. The van der Waals surface area contributed by atoms with Crippen LogP contribution in [0.25, 0.3) is 0 Å². The van der Waals surface area contributed by atoms with E-state index in [0.29, 0.717) is 5.56 Å². The molecule has 0 saturated carbocycles. The maximum atomic E-state index is 11.6. The lowest BCUT2D eigenvalue weighted by Crippen LogP contribution is -2.36. The summed E-state index contributed by atoms with van der Waals surface area (Å²) in [6, 6.07) is 6.68. The fourth-order valence-electron chi connectivity index (χ4n) is 1.07. The van der Waals surface area contributed by atoms with Crippen LogP contribution < -0.4 is 5.32 Å². The first-order valence-corrected chi connectivity index (χ1v) is 5.87. The maximum absolute atomic E-state index is 11.6. The molecule has 0 fully saturated rings. The number of halogens is 1. The lowest BCUT2D eigenvalue weighted by molar-refractivity contribution is 0.0508. The molecule has 0 heterocycles. The van der Waals surface area contributed by atoms with Gasteiger partial charge in [0.05, 0.1) is 0 Å². The van der Waals surface area contributed by atoms with E-state index in [1.165, 1.54) is 0 Å². The van der Waals surface area contributed by atoms with Gasteiger partial charge in [-0.05, 0) is 45.0 Å². The van der Waals surface area contributed by atoms with Crippen molar-refractivity contribution < 1.29 is 14.3 Å². The minimum Gasteiger partial charge on any atom is -0.444 e. The van der Waals surface area contributed by atoms with E-state index in [4.69, 9.17) is 4.74 Å². The van der Waals surface area contributed by atoms with Crippen LogP contribution in [0.4, 0.5) is 4.79 Å². The predicted octanol–water partition coefficient (Wildman–Crippen LogP) is 3.11. The number of amides is 2. The van der Waals surface area contributed by atoms with Gasteiger partial charge in [-0.1, -0.05) is 15.9 Å². The van der Waals surface area contributed by atoms with Gasteiger partial charge >= 0.3 is 6.09 Å². The van der Waals surface area contributed by atoms with E-state index in [-0.39, 0.29) is 0 Å².